The highest BCUT2D eigenvalue weighted by Crippen LogP contribution is 2.04. The molecule has 0 saturated carbocycles. The molecular weight excluding hydrogens is 314 g/mol. The molecule has 0 aliphatic rings. The molecule has 25 heavy (non-hydrogen) atoms. The molecule has 0 aromatic heterocycles. The van der Waals surface area contributed by atoms with E-state index in [9.17, 15) is 9.59 Å². The van der Waals surface area contributed by atoms with Crippen LogP contribution in [-0.4, -0.2) is 31.1 Å². The Balaban J connectivity index is 1.92. The normalized spacial score (nSPS) is 11.4. The summed E-state index contributed by atoms with van der Waals surface area (Å²) in [6, 6.07) is 18.7. The van der Waals surface area contributed by atoms with Crippen LogP contribution in [0.1, 0.15) is 18.1 Å². The lowest BCUT2D eigenvalue weighted by Gasteiger charge is -2.19. The van der Waals surface area contributed by atoms with Crippen LogP contribution in [-0.2, 0) is 17.6 Å². The molecule has 5 nitrogen and oxygen atoms in total. The molecule has 0 radical (unpaired) electrons. The summed E-state index contributed by atoms with van der Waals surface area (Å²) in [5, 5.41) is 8.34. The van der Waals surface area contributed by atoms with Crippen molar-refractivity contribution in [1.29, 1.82) is 0 Å². The highest BCUT2D eigenvalue weighted by Gasteiger charge is 2.20. The first-order valence-electron chi connectivity index (χ1n) is 8.59. The summed E-state index contributed by atoms with van der Waals surface area (Å²) < 4.78 is 0. The number of rotatable bonds is 8. The summed E-state index contributed by atoms with van der Waals surface area (Å²) in [6.45, 7) is 2.89. The van der Waals surface area contributed by atoms with E-state index < -0.39 is 6.04 Å². The van der Waals surface area contributed by atoms with Gasteiger partial charge >= 0.3 is 6.03 Å². The molecule has 3 amide bonds. The van der Waals surface area contributed by atoms with Gasteiger partial charge in [0.05, 0.1) is 0 Å². The van der Waals surface area contributed by atoms with Gasteiger partial charge in [0.1, 0.15) is 6.04 Å². The van der Waals surface area contributed by atoms with Crippen LogP contribution in [0.3, 0.4) is 0 Å². The van der Waals surface area contributed by atoms with E-state index in [0.29, 0.717) is 19.5 Å². The van der Waals surface area contributed by atoms with Crippen molar-refractivity contribution in [3.8, 4) is 0 Å². The Hall–Kier alpha value is -2.82. The predicted molar refractivity (Wildman–Crippen MR) is 99.3 cm³/mol. The van der Waals surface area contributed by atoms with Crippen molar-refractivity contribution in [2.45, 2.75) is 25.8 Å². The second-order valence-electron chi connectivity index (χ2n) is 5.77. The van der Waals surface area contributed by atoms with Gasteiger partial charge in [-0.3, -0.25) is 4.79 Å². The fourth-order valence-electron chi connectivity index (χ4n) is 2.53. The maximum atomic E-state index is 12.5. The van der Waals surface area contributed by atoms with Crippen molar-refractivity contribution in [2.24, 2.45) is 0 Å². The molecule has 0 fully saturated rings. The smallest absolute Gasteiger partial charge is 0.315 e. The van der Waals surface area contributed by atoms with Crippen molar-refractivity contribution >= 4 is 11.9 Å². The number of hydrogen-bond acceptors (Lipinski definition) is 2. The molecule has 0 spiro atoms. The molecule has 1 atom stereocenters. The zero-order chi connectivity index (χ0) is 17.9. The second-order valence-corrected chi connectivity index (χ2v) is 5.77. The highest BCUT2D eigenvalue weighted by molar-refractivity contribution is 5.87. The van der Waals surface area contributed by atoms with Gasteiger partial charge in [-0.15, -0.1) is 0 Å². The quantitative estimate of drug-likeness (QED) is 0.690. The van der Waals surface area contributed by atoms with E-state index in [4.69, 9.17) is 0 Å². The SMILES string of the molecule is CCNC(=O)N[C@H](Cc1ccccc1)C(=O)NCCc1ccccc1. The van der Waals surface area contributed by atoms with E-state index >= 15 is 0 Å². The lowest BCUT2D eigenvalue weighted by molar-refractivity contribution is -0.122. The molecule has 0 heterocycles. The molecule has 2 aromatic carbocycles. The summed E-state index contributed by atoms with van der Waals surface area (Å²) in [6.07, 6.45) is 1.21. The number of nitrogens with one attached hydrogen (secondary N) is 3. The molecule has 2 rings (SSSR count). The Labute approximate surface area is 148 Å². The topological polar surface area (TPSA) is 70.2 Å². The Morgan fingerprint density at radius 3 is 2.08 bits per heavy atom. The van der Waals surface area contributed by atoms with E-state index in [-0.39, 0.29) is 11.9 Å². The van der Waals surface area contributed by atoms with Gasteiger partial charge in [0.2, 0.25) is 5.91 Å². The molecule has 0 unspecified atom stereocenters. The fourth-order valence-corrected chi connectivity index (χ4v) is 2.53. The van der Waals surface area contributed by atoms with Crippen LogP contribution in [0.25, 0.3) is 0 Å². The Morgan fingerprint density at radius 1 is 0.880 bits per heavy atom. The van der Waals surface area contributed by atoms with Crippen molar-refractivity contribution < 1.29 is 9.59 Å². The van der Waals surface area contributed by atoms with Crippen LogP contribution >= 0.6 is 0 Å². The van der Waals surface area contributed by atoms with Crippen LogP contribution in [0.4, 0.5) is 4.79 Å². The van der Waals surface area contributed by atoms with Gasteiger partial charge in [-0.2, -0.15) is 0 Å². The van der Waals surface area contributed by atoms with Crippen LogP contribution in [0.2, 0.25) is 0 Å². The third kappa shape index (κ3) is 6.67. The number of carbonyl (C=O) groups excluding carboxylic acids is 2. The molecule has 2 aromatic rings. The lowest BCUT2D eigenvalue weighted by atomic mass is 10.1. The number of hydrogen-bond donors (Lipinski definition) is 3. The first-order chi connectivity index (χ1) is 12.2. The monoisotopic (exact) mass is 339 g/mol. The van der Waals surface area contributed by atoms with Crippen molar-refractivity contribution in [3.05, 3.63) is 71.8 Å². The fraction of sp³-hybridized carbons (Fsp3) is 0.300. The van der Waals surface area contributed by atoms with Gasteiger partial charge < -0.3 is 16.0 Å². The number of carbonyl (C=O) groups is 2. The van der Waals surface area contributed by atoms with E-state index in [1.807, 2.05) is 67.6 Å². The largest absolute Gasteiger partial charge is 0.354 e. The van der Waals surface area contributed by atoms with E-state index in [0.717, 1.165) is 12.0 Å². The summed E-state index contributed by atoms with van der Waals surface area (Å²) in [5.74, 6) is -0.175. The zero-order valence-electron chi connectivity index (χ0n) is 14.5. The molecule has 5 heteroatoms. The van der Waals surface area contributed by atoms with Crippen LogP contribution in [0.5, 0.6) is 0 Å². The lowest BCUT2D eigenvalue weighted by Crippen LogP contribution is -2.51. The summed E-state index contributed by atoms with van der Waals surface area (Å²) in [7, 11) is 0. The number of benzene rings is 2. The van der Waals surface area contributed by atoms with E-state index in [2.05, 4.69) is 16.0 Å². The third-order valence-electron chi connectivity index (χ3n) is 3.80. The first kappa shape index (κ1) is 18.5. The van der Waals surface area contributed by atoms with E-state index in [1.54, 1.807) is 0 Å². The second kappa shape index (κ2) is 10.1. The first-order valence-corrected chi connectivity index (χ1v) is 8.59. The molecule has 3 N–H and O–H groups in total. The average Bonchev–Trinajstić information content (AvgIpc) is 2.63. The van der Waals surface area contributed by atoms with Crippen molar-refractivity contribution in [1.82, 2.24) is 16.0 Å². The maximum absolute atomic E-state index is 12.5. The summed E-state index contributed by atoms with van der Waals surface area (Å²) in [5.41, 5.74) is 2.17. The minimum Gasteiger partial charge on any atom is -0.354 e. The molecule has 0 aliphatic carbocycles. The van der Waals surface area contributed by atoms with E-state index in [1.165, 1.54) is 5.56 Å². The maximum Gasteiger partial charge on any atom is 0.315 e. The predicted octanol–water partition coefficient (Wildman–Crippen LogP) is 2.28. The summed E-state index contributed by atoms with van der Waals surface area (Å²) >= 11 is 0. The van der Waals surface area contributed by atoms with Gasteiger partial charge in [-0.05, 0) is 24.5 Å². The Kier molecular flexibility index (Phi) is 7.50. The van der Waals surface area contributed by atoms with Gasteiger partial charge in [-0.1, -0.05) is 60.7 Å². The third-order valence-corrected chi connectivity index (χ3v) is 3.80. The summed E-state index contributed by atoms with van der Waals surface area (Å²) in [4.78, 5) is 24.4. The Bertz CT molecular complexity index is 659. The number of amides is 3. The molecule has 0 saturated heterocycles. The molecular formula is C20H25N3O2. The van der Waals surface area contributed by atoms with Gasteiger partial charge in [0.25, 0.3) is 0 Å². The zero-order valence-corrected chi connectivity index (χ0v) is 14.5. The van der Waals surface area contributed by atoms with Crippen molar-refractivity contribution in [2.75, 3.05) is 13.1 Å². The van der Waals surface area contributed by atoms with Gasteiger partial charge in [-0.25, -0.2) is 4.79 Å². The highest BCUT2D eigenvalue weighted by atomic mass is 16.2. The average molecular weight is 339 g/mol. The molecule has 0 aliphatic heterocycles. The minimum absolute atomic E-state index is 0.175. The van der Waals surface area contributed by atoms with Crippen LogP contribution < -0.4 is 16.0 Å². The van der Waals surface area contributed by atoms with Crippen molar-refractivity contribution in [3.63, 3.8) is 0 Å². The van der Waals surface area contributed by atoms with Crippen LogP contribution in [0.15, 0.2) is 60.7 Å². The standard InChI is InChI=1S/C20H25N3O2/c1-2-21-20(25)23-18(15-17-11-7-4-8-12-17)19(24)22-14-13-16-9-5-3-6-10-16/h3-12,18H,2,13-15H2,1H3,(H,22,24)(H2,21,23,25)/t18-/m1/s1. The minimum atomic E-state index is -0.607. The Morgan fingerprint density at radius 2 is 1.48 bits per heavy atom. The van der Waals surface area contributed by atoms with Crippen LogP contribution in [0, 0.1) is 0 Å². The van der Waals surface area contributed by atoms with Gasteiger partial charge in [0, 0.05) is 19.5 Å². The number of urea groups is 1. The van der Waals surface area contributed by atoms with Gasteiger partial charge in [0.15, 0.2) is 0 Å². The molecule has 0 bridgehead atoms. The molecule has 132 valence electrons.